The zero-order chi connectivity index (χ0) is 12.2. The van der Waals surface area contributed by atoms with Crippen molar-refractivity contribution in [2.24, 2.45) is 0 Å². The smallest absolute Gasteiger partial charge is 0.252 e. The molecule has 5 nitrogen and oxygen atoms in total. The lowest BCUT2D eigenvalue weighted by atomic mass is 9.98. The summed E-state index contributed by atoms with van der Waals surface area (Å²) in [6.07, 6.45) is 7.59. The molecule has 1 aromatic rings. The summed E-state index contributed by atoms with van der Waals surface area (Å²) in [4.78, 5) is 4.39. The van der Waals surface area contributed by atoms with E-state index in [9.17, 15) is 0 Å². The predicted octanol–water partition coefficient (Wildman–Crippen LogP) is 2.42. The predicted molar refractivity (Wildman–Crippen MR) is 64.1 cm³/mol. The largest absolute Gasteiger partial charge is 0.381 e. The molecular formula is C13H20N2O3. The van der Waals surface area contributed by atoms with Gasteiger partial charge in [-0.2, -0.15) is 4.98 Å². The molecule has 1 unspecified atom stereocenters. The van der Waals surface area contributed by atoms with Gasteiger partial charge in [0.15, 0.2) is 5.82 Å². The van der Waals surface area contributed by atoms with Crippen LogP contribution in [0.5, 0.6) is 0 Å². The summed E-state index contributed by atoms with van der Waals surface area (Å²) in [6.45, 7) is 1.96. The summed E-state index contributed by atoms with van der Waals surface area (Å²) in [7, 11) is 0. The molecule has 1 saturated carbocycles. The first-order valence-electron chi connectivity index (χ1n) is 6.93. The van der Waals surface area contributed by atoms with Crippen molar-refractivity contribution in [2.45, 2.75) is 57.2 Å². The maximum atomic E-state index is 5.82. The Hall–Kier alpha value is -0.940. The molecule has 2 aliphatic rings. The van der Waals surface area contributed by atoms with Crippen LogP contribution in [0.1, 0.15) is 56.2 Å². The minimum absolute atomic E-state index is 0.303. The fourth-order valence-electron chi connectivity index (χ4n) is 2.65. The Kier molecular flexibility index (Phi) is 3.90. The number of rotatable bonds is 4. The van der Waals surface area contributed by atoms with Crippen molar-refractivity contribution in [3.05, 3.63) is 11.7 Å². The van der Waals surface area contributed by atoms with Crippen LogP contribution in [-0.4, -0.2) is 29.5 Å². The van der Waals surface area contributed by atoms with Gasteiger partial charge in [-0.15, -0.1) is 0 Å². The third kappa shape index (κ3) is 2.90. The van der Waals surface area contributed by atoms with Crippen LogP contribution < -0.4 is 0 Å². The second-order valence-electron chi connectivity index (χ2n) is 5.18. The van der Waals surface area contributed by atoms with E-state index >= 15 is 0 Å². The summed E-state index contributed by atoms with van der Waals surface area (Å²) in [6, 6.07) is 0. The highest BCUT2D eigenvalue weighted by Crippen LogP contribution is 2.24. The molecule has 0 amide bonds. The fourth-order valence-corrected chi connectivity index (χ4v) is 2.65. The van der Waals surface area contributed by atoms with Gasteiger partial charge in [-0.1, -0.05) is 24.4 Å². The second kappa shape index (κ2) is 5.80. The molecule has 18 heavy (non-hydrogen) atoms. The van der Waals surface area contributed by atoms with E-state index in [1.165, 1.54) is 19.3 Å². The lowest BCUT2D eigenvalue weighted by Gasteiger charge is -2.20. The monoisotopic (exact) mass is 252 g/mol. The van der Waals surface area contributed by atoms with Crippen LogP contribution in [0, 0.1) is 0 Å². The Balaban J connectivity index is 1.50. The molecule has 0 N–H and O–H groups in total. The van der Waals surface area contributed by atoms with Crippen molar-refractivity contribution in [1.82, 2.24) is 10.1 Å². The van der Waals surface area contributed by atoms with Crippen molar-refractivity contribution in [3.8, 4) is 0 Å². The van der Waals surface area contributed by atoms with Crippen LogP contribution in [0.4, 0.5) is 0 Å². The van der Waals surface area contributed by atoms with Gasteiger partial charge in [0.25, 0.3) is 5.89 Å². The standard InChI is InChI=1S/C13H20N2O3/c1-2-4-11(5-3-1)17-9-12-14-13(15-18-12)10-6-7-16-8-10/h10-11H,1-9H2. The van der Waals surface area contributed by atoms with Crippen molar-refractivity contribution in [2.75, 3.05) is 13.2 Å². The van der Waals surface area contributed by atoms with E-state index < -0.39 is 0 Å². The molecule has 1 aromatic heterocycles. The van der Waals surface area contributed by atoms with E-state index in [1.807, 2.05) is 0 Å². The first-order chi connectivity index (χ1) is 8.92. The molecule has 0 aromatic carbocycles. The highest BCUT2D eigenvalue weighted by atomic mass is 16.5. The SMILES string of the molecule is C1CCC(OCc2nc(C3CCOC3)no2)CC1. The van der Waals surface area contributed by atoms with Gasteiger partial charge in [-0.25, -0.2) is 0 Å². The minimum Gasteiger partial charge on any atom is -0.381 e. The Morgan fingerprint density at radius 1 is 1.17 bits per heavy atom. The van der Waals surface area contributed by atoms with Gasteiger partial charge in [0.05, 0.1) is 12.7 Å². The van der Waals surface area contributed by atoms with Crippen molar-refractivity contribution in [1.29, 1.82) is 0 Å². The normalized spacial score (nSPS) is 25.7. The Labute approximate surface area is 107 Å². The first kappa shape index (κ1) is 12.1. The second-order valence-corrected chi connectivity index (χ2v) is 5.18. The van der Waals surface area contributed by atoms with E-state index in [0.29, 0.717) is 31.1 Å². The lowest BCUT2D eigenvalue weighted by Crippen LogP contribution is -2.16. The maximum Gasteiger partial charge on any atom is 0.252 e. The van der Waals surface area contributed by atoms with Crippen LogP contribution in [-0.2, 0) is 16.1 Å². The van der Waals surface area contributed by atoms with Gasteiger partial charge in [0, 0.05) is 12.5 Å². The maximum absolute atomic E-state index is 5.82. The van der Waals surface area contributed by atoms with Crippen LogP contribution in [0.3, 0.4) is 0 Å². The molecule has 0 bridgehead atoms. The summed E-state index contributed by atoms with van der Waals surface area (Å²) in [5.41, 5.74) is 0. The topological polar surface area (TPSA) is 57.4 Å². The lowest BCUT2D eigenvalue weighted by molar-refractivity contribution is 0.00462. The average molecular weight is 252 g/mol. The van der Waals surface area contributed by atoms with E-state index in [0.717, 1.165) is 31.7 Å². The molecule has 0 radical (unpaired) electrons. The Morgan fingerprint density at radius 3 is 2.83 bits per heavy atom. The quantitative estimate of drug-likeness (QED) is 0.823. The molecule has 2 fully saturated rings. The van der Waals surface area contributed by atoms with Crippen molar-refractivity contribution in [3.63, 3.8) is 0 Å². The van der Waals surface area contributed by atoms with Gasteiger partial charge >= 0.3 is 0 Å². The van der Waals surface area contributed by atoms with Crippen LogP contribution >= 0.6 is 0 Å². The van der Waals surface area contributed by atoms with Gasteiger partial charge in [0.1, 0.15) is 6.61 Å². The average Bonchev–Trinajstić information content (AvgIpc) is 3.08. The molecule has 0 spiro atoms. The molecule has 1 aliphatic carbocycles. The number of aromatic nitrogens is 2. The number of ether oxygens (including phenoxy) is 2. The third-order valence-corrected chi connectivity index (χ3v) is 3.77. The fraction of sp³-hybridized carbons (Fsp3) is 0.846. The van der Waals surface area contributed by atoms with E-state index in [2.05, 4.69) is 10.1 Å². The number of hydrogen-bond donors (Lipinski definition) is 0. The van der Waals surface area contributed by atoms with Gasteiger partial charge in [0.2, 0.25) is 0 Å². The van der Waals surface area contributed by atoms with Crippen molar-refractivity contribution < 1.29 is 14.0 Å². The third-order valence-electron chi connectivity index (χ3n) is 3.77. The summed E-state index contributed by atoms with van der Waals surface area (Å²) < 4.78 is 16.4. The summed E-state index contributed by atoms with van der Waals surface area (Å²) in [5.74, 6) is 1.68. The molecule has 1 saturated heterocycles. The van der Waals surface area contributed by atoms with Crippen LogP contribution in [0.15, 0.2) is 4.52 Å². The van der Waals surface area contributed by atoms with Crippen LogP contribution in [0.25, 0.3) is 0 Å². The first-order valence-corrected chi connectivity index (χ1v) is 6.93. The molecule has 1 aliphatic heterocycles. The van der Waals surface area contributed by atoms with E-state index in [1.54, 1.807) is 0 Å². The van der Waals surface area contributed by atoms with Gasteiger partial charge in [-0.05, 0) is 19.3 Å². The zero-order valence-electron chi connectivity index (χ0n) is 10.6. The highest BCUT2D eigenvalue weighted by Gasteiger charge is 2.23. The minimum atomic E-state index is 0.303. The van der Waals surface area contributed by atoms with Crippen molar-refractivity contribution >= 4 is 0 Å². The van der Waals surface area contributed by atoms with E-state index in [-0.39, 0.29) is 0 Å². The number of nitrogens with zero attached hydrogens (tertiary/aromatic N) is 2. The molecule has 2 heterocycles. The van der Waals surface area contributed by atoms with Gasteiger partial charge in [-0.3, -0.25) is 0 Å². The zero-order valence-corrected chi connectivity index (χ0v) is 10.6. The molecule has 1 atom stereocenters. The van der Waals surface area contributed by atoms with Gasteiger partial charge < -0.3 is 14.0 Å². The summed E-state index contributed by atoms with van der Waals surface area (Å²) in [5, 5.41) is 4.02. The summed E-state index contributed by atoms with van der Waals surface area (Å²) >= 11 is 0. The van der Waals surface area contributed by atoms with Crippen LogP contribution in [0.2, 0.25) is 0 Å². The Morgan fingerprint density at radius 2 is 2.06 bits per heavy atom. The number of hydrogen-bond acceptors (Lipinski definition) is 5. The molecular weight excluding hydrogens is 232 g/mol. The highest BCUT2D eigenvalue weighted by molar-refractivity contribution is 4.97. The Bertz CT molecular complexity index is 368. The molecule has 100 valence electrons. The van der Waals surface area contributed by atoms with E-state index in [4.69, 9.17) is 14.0 Å². The molecule has 5 heteroatoms. The molecule has 3 rings (SSSR count).